The number of aromatic nitrogens is 1. The monoisotopic (exact) mass is 607 g/mol. The van der Waals surface area contributed by atoms with Crippen molar-refractivity contribution >= 4 is 15.8 Å². The molecule has 224 valence electrons. The van der Waals surface area contributed by atoms with Crippen LogP contribution >= 0.6 is 0 Å². The first-order valence-corrected chi connectivity index (χ1v) is 15.4. The third-order valence-corrected chi connectivity index (χ3v) is 8.87. The number of aliphatic carboxylic acids is 1. The van der Waals surface area contributed by atoms with Gasteiger partial charge in [-0.2, -0.15) is 13.2 Å². The number of alkyl halides is 3. The zero-order valence-electron chi connectivity index (χ0n) is 22.9. The normalized spacial score (nSPS) is 19.2. The van der Waals surface area contributed by atoms with Gasteiger partial charge in [-0.3, -0.25) is 4.79 Å². The third-order valence-electron chi connectivity index (χ3n) is 7.84. The Morgan fingerprint density at radius 1 is 1.12 bits per heavy atom. The van der Waals surface area contributed by atoms with Crippen molar-refractivity contribution in [3.05, 3.63) is 76.2 Å². The lowest BCUT2D eigenvalue weighted by Gasteiger charge is -2.18. The van der Waals surface area contributed by atoms with Crippen LogP contribution in [0.4, 0.5) is 17.6 Å². The van der Waals surface area contributed by atoms with E-state index in [1.165, 1.54) is 12.1 Å². The number of halogens is 4. The largest absolute Gasteiger partial charge is 0.494 e. The van der Waals surface area contributed by atoms with Gasteiger partial charge < -0.3 is 14.6 Å². The number of rotatable bonds is 11. The van der Waals surface area contributed by atoms with Gasteiger partial charge in [0.25, 0.3) is 0 Å². The van der Waals surface area contributed by atoms with Crippen LogP contribution in [-0.4, -0.2) is 43.1 Å². The van der Waals surface area contributed by atoms with E-state index in [-0.39, 0.29) is 72.1 Å². The fourth-order valence-corrected chi connectivity index (χ4v) is 6.48. The van der Waals surface area contributed by atoms with E-state index >= 15 is 0 Å². The van der Waals surface area contributed by atoms with Gasteiger partial charge in [0.2, 0.25) is 5.88 Å². The van der Waals surface area contributed by atoms with E-state index in [1.54, 1.807) is 25.3 Å². The molecule has 1 fully saturated rings. The molecule has 0 aliphatic heterocycles. The number of carboxylic acids is 1. The van der Waals surface area contributed by atoms with Crippen LogP contribution in [0.15, 0.2) is 42.6 Å². The number of sulfone groups is 1. The lowest BCUT2D eigenvalue weighted by molar-refractivity contribution is -0.138. The van der Waals surface area contributed by atoms with Crippen LogP contribution < -0.4 is 9.47 Å². The fourth-order valence-electron chi connectivity index (χ4n) is 5.84. The molecular formula is C30H29F4NO6S. The Morgan fingerprint density at radius 2 is 1.88 bits per heavy atom. The molecule has 0 spiro atoms. The van der Waals surface area contributed by atoms with Crippen LogP contribution in [0.3, 0.4) is 0 Å². The number of nitrogens with zero attached hydrogens (tertiary/aromatic N) is 1. The maximum Gasteiger partial charge on any atom is 0.417 e. The van der Waals surface area contributed by atoms with E-state index in [4.69, 9.17) is 14.6 Å². The molecule has 42 heavy (non-hydrogen) atoms. The topological polar surface area (TPSA) is 103 Å². The Hall–Kier alpha value is -3.67. The van der Waals surface area contributed by atoms with Gasteiger partial charge >= 0.3 is 12.1 Å². The number of hydrogen-bond donors (Lipinski definition) is 1. The molecule has 2 aliphatic carbocycles. The van der Waals surface area contributed by atoms with Crippen LogP contribution in [0, 0.1) is 24.6 Å². The molecule has 0 amide bonds. The van der Waals surface area contributed by atoms with Crippen molar-refractivity contribution in [2.45, 2.75) is 44.9 Å². The van der Waals surface area contributed by atoms with Crippen molar-refractivity contribution in [3.63, 3.8) is 0 Å². The minimum absolute atomic E-state index is 0.0469. The molecule has 0 radical (unpaired) electrons. The van der Waals surface area contributed by atoms with E-state index in [0.717, 1.165) is 23.4 Å². The van der Waals surface area contributed by atoms with Gasteiger partial charge in [-0.15, -0.1) is 0 Å². The summed E-state index contributed by atoms with van der Waals surface area (Å²) in [5, 5.41) is 9.06. The molecule has 7 nitrogen and oxygen atoms in total. The van der Waals surface area contributed by atoms with E-state index < -0.39 is 33.4 Å². The maximum absolute atomic E-state index is 14.9. The summed E-state index contributed by atoms with van der Waals surface area (Å²) in [4.78, 5) is 15.3. The molecule has 5 rings (SSSR count). The van der Waals surface area contributed by atoms with E-state index in [0.29, 0.717) is 23.8 Å². The third kappa shape index (κ3) is 6.53. The summed E-state index contributed by atoms with van der Waals surface area (Å²) >= 11 is 0. The van der Waals surface area contributed by atoms with Crippen molar-refractivity contribution < 1.29 is 45.4 Å². The molecule has 1 N–H and O–H groups in total. The molecule has 3 atom stereocenters. The smallest absolute Gasteiger partial charge is 0.417 e. The molecule has 1 heterocycles. The Bertz CT molecular complexity index is 1640. The summed E-state index contributed by atoms with van der Waals surface area (Å²) in [6, 6.07) is 7.82. The number of aryl methyl sites for hydroxylation is 1. The average Bonchev–Trinajstić information content (AvgIpc) is 3.39. The molecule has 0 bridgehead atoms. The molecule has 2 aliphatic rings. The van der Waals surface area contributed by atoms with Gasteiger partial charge in [-0.1, -0.05) is 6.07 Å². The van der Waals surface area contributed by atoms with Gasteiger partial charge in [0.1, 0.15) is 28.0 Å². The second kappa shape index (κ2) is 11.2. The van der Waals surface area contributed by atoms with Gasteiger partial charge in [0.15, 0.2) is 0 Å². The predicted octanol–water partition coefficient (Wildman–Crippen LogP) is 5.97. The highest BCUT2D eigenvalue weighted by Gasteiger charge is 2.56. The van der Waals surface area contributed by atoms with Crippen LogP contribution in [0.2, 0.25) is 0 Å². The molecule has 3 aromatic rings. The molecule has 1 aromatic heterocycles. The number of fused-ring (bicyclic) bond motifs is 3. The number of benzene rings is 2. The molecule has 1 saturated carbocycles. The van der Waals surface area contributed by atoms with Crippen LogP contribution in [0.25, 0.3) is 11.1 Å². The Kier molecular flexibility index (Phi) is 7.95. The van der Waals surface area contributed by atoms with E-state index in [1.807, 2.05) is 0 Å². The minimum atomic E-state index is -4.82. The number of hydrogen-bond acceptors (Lipinski definition) is 6. The first kappa shape index (κ1) is 29.8. The lowest BCUT2D eigenvalue weighted by atomic mass is 9.93. The fraction of sp³-hybridized carbons (Fsp3) is 0.400. The Balaban J connectivity index is 1.33. The highest BCUT2D eigenvalue weighted by atomic mass is 32.2. The first-order valence-electron chi connectivity index (χ1n) is 13.4. The first-order chi connectivity index (χ1) is 19.7. The number of pyridine rings is 1. The number of carbonyl (C=O) groups is 1. The van der Waals surface area contributed by atoms with Crippen molar-refractivity contribution in [2.75, 3.05) is 18.6 Å². The quantitative estimate of drug-likeness (QED) is 0.212. The second-order valence-electron chi connectivity index (χ2n) is 11.0. The van der Waals surface area contributed by atoms with Gasteiger partial charge in [0, 0.05) is 30.5 Å². The highest BCUT2D eigenvalue weighted by molar-refractivity contribution is 7.90. The van der Waals surface area contributed by atoms with Crippen molar-refractivity contribution in [2.24, 2.45) is 11.8 Å². The van der Waals surface area contributed by atoms with Crippen molar-refractivity contribution in [1.82, 2.24) is 4.98 Å². The van der Waals surface area contributed by atoms with Crippen LogP contribution in [0.5, 0.6) is 11.6 Å². The Labute approximate surface area is 240 Å². The number of carboxylic acid groups (broad SMARTS) is 1. The molecule has 12 heteroatoms. The molecule has 0 unspecified atom stereocenters. The summed E-state index contributed by atoms with van der Waals surface area (Å²) in [6.07, 6.45) is -0.972. The molecule has 2 aromatic carbocycles. The maximum atomic E-state index is 14.9. The zero-order valence-corrected chi connectivity index (χ0v) is 23.7. The standard InChI is InChI=1S/C30H29F4NO6S/c1-16-8-19(40-6-3-7-42(2,38)39)4-5-20(16)21-10-18(26(31)13-25(21)30(32,33)34)15-41-27-11-17-9-22-23(12-28(36)37)29(22)24(17)14-35-27/h4-5,8,10-11,13-14,22-23,29H,3,6-7,9,12,15H2,1-2H3,(H,36,37)/t22-,23-,29-/m0/s1. The lowest BCUT2D eigenvalue weighted by Crippen LogP contribution is -2.11. The van der Waals surface area contributed by atoms with Crippen molar-refractivity contribution in [1.29, 1.82) is 0 Å². The van der Waals surface area contributed by atoms with Crippen molar-refractivity contribution in [3.8, 4) is 22.8 Å². The molecule has 0 saturated heterocycles. The SMILES string of the molecule is Cc1cc(OCCCS(C)(=O)=O)ccc1-c1cc(COc2cc3c(cn2)[C@@H]2[C@@H](CC(=O)O)[C@@H]2C3)c(F)cc1C(F)(F)F. The van der Waals surface area contributed by atoms with Crippen LogP contribution in [0.1, 0.15) is 46.6 Å². The summed E-state index contributed by atoms with van der Waals surface area (Å²) < 4.78 is 90.6. The average molecular weight is 608 g/mol. The number of ether oxygens (including phenoxy) is 2. The molecular weight excluding hydrogens is 578 g/mol. The van der Waals surface area contributed by atoms with Gasteiger partial charge in [-0.05, 0) is 89.6 Å². The summed E-state index contributed by atoms with van der Waals surface area (Å²) in [5.41, 5.74) is 1.25. The summed E-state index contributed by atoms with van der Waals surface area (Å²) in [6.45, 7) is 1.38. The summed E-state index contributed by atoms with van der Waals surface area (Å²) in [5.74, 6) is -0.827. The second-order valence-corrected chi connectivity index (χ2v) is 13.2. The zero-order chi connectivity index (χ0) is 30.4. The minimum Gasteiger partial charge on any atom is -0.494 e. The van der Waals surface area contributed by atoms with E-state index in [9.17, 15) is 30.8 Å². The van der Waals surface area contributed by atoms with Gasteiger partial charge in [-0.25, -0.2) is 17.8 Å². The summed E-state index contributed by atoms with van der Waals surface area (Å²) in [7, 11) is -3.14. The highest BCUT2D eigenvalue weighted by Crippen LogP contribution is 2.62. The van der Waals surface area contributed by atoms with Gasteiger partial charge in [0.05, 0.1) is 17.9 Å². The van der Waals surface area contributed by atoms with E-state index in [2.05, 4.69) is 4.98 Å². The Morgan fingerprint density at radius 3 is 2.55 bits per heavy atom. The van der Waals surface area contributed by atoms with Crippen LogP contribution in [-0.2, 0) is 33.8 Å². The predicted molar refractivity (Wildman–Crippen MR) is 146 cm³/mol.